The topological polar surface area (TPSA) is 57.5 Å². The smallest absolute Gasteiger partial charge is 0.319 e. The Hall–Kier alpha value is -2.27. The van der Waals surface area contributed by atoms with E-state index in [1.165, 1.54) is 5.56 Å². The predicted octanol–water partition coefficient (Wildman–Crippen LogP) is 3.32. The lowest BCUT2D eigenvalue weighted by atomic mass is 10.1. The molecule has 0 fully saturated rings. The minimum atomic E-state index is -0.221. The largest absolute Gasteiger partial charge is 0.468 e. The maximum Gasteiger partial charge on any atom is 0.319 e. The van der Waals surface area contributed by atoms with E-state index in [4.69, 9.17) is 4.42 Å². The zero-order valence-electron chi connectivity index (χ0n) is 13.5. The molecule has 2 amide bonds. The number of likely N-dealkylation sites (N-methyl/N-ethyl adjacent to an activating group) is 1. The summed E-state index contributed by atoms with van der Waals surface area (Å²) in [5.41, 5.74) is 3.15. The number of anilines is 1. The number of hydrogen-bond donors (Lipinski definition) is 2. The van der Waals surface area contributed by atoms with Gasteiger partial charge in [-0.2, -0.15) is 0 Å². The lowest BCUT2D eigenvalue weighted by Crippen LogP contribution is -2.36. The minimum Gasteiger partial charge on any atom is -0.468 e. The van der Waals surface area contributed by atoms with Crippen molar-refractivity contribution in [3.63, 3.8) is 0 Å². The number of benzene rings is 1. The van der Waals surface area contributed by atoms with Crippen LogP contribution >= 0.6 is 0 Å². The molecule has 5 nitrogen and oxygen atoms in total. The fraction of sp³-hybridized carbons (Fsp3) is 0.353. The zero-order chi connectivity index (χ0) is 16.1. The molecule has 2 aromatic rings. The van der Waals surface area contributed by atoms with Crippen molar-refractivity contribution in [1.82, 2.24) is 10.2 Å². The molecule has 1 aromatic carbocycles. The van der Waals surface area contributed by atoms with Gasteiger partial charge in [-0.3, -0.25) is 4.90 Å². The quantitative estimate of drug-likeness (QED) is 0.890. The lowest BCUT2D eigenvalue weighted by molar-refractivity contribution is 0.233. The molecule has 0 spiro atoms. The summed E-state index contributed by atoms with van der Waals surface area (Å²) in [4.78, 5) is 14.0. The van der Waals surface area contributed by atoms with Crippen molar-refractivity contribution in [3.05, 3.63) is 53.5 Å². The first kappa shape index (κ1) is 16.1. The first-order valence-electron chi connectivity index (χ1n) is 7.29. The Morgan fingerprint density at radius 2 is 2.00 bits per heavy atom. The first-order chi connectivity index (χ1) is 10.5. The molecule has 22 heavy (non-hydrogen) atoms. The molecule has 0 saturated heterocycles. The second-order valence-corrected chi connectivity index (χ2v) is 5.63. The third-order valence-corrected chi connectivity index (χ3v) is 3.72. The van der Waals surface area contributed by atoms with Gasteiger partial charge in [0.1, 0.15) is 5.76 Å². The average Bonchev–Trinajstić information content (AvgIpc) is 2.97. The second kappa shape index (κ2) is 7.13. The van der Waals surface area contributed by atoms with Crippen molar-refractivity contribution in [2.45, 2.75) is 19.9 Å². The molecule has 1 unspecified atom stereocenters. The van der Waals surface area contributed by atoms with E-state index in [-0.39, 0.29) is 12.1 Å². The van der Waals surface area contributed by atoms with Crippen molar-refractivity contribution in [1.29, 1.82) is 0 Å². The van der Waals surface area contributed by atoms with Gasteiger partial charge in [0.05, 0.1) is 12.3 Å². The van der Waals surface area contributed by atoms with Crippen molar-refractivity contribution in [3.8, 4) is 0 Å². The van der Waals surface area contributed by atoms with Crippen LogP contribution in [0.2, 0.25) is 0 Å². The van der Waals surface area contributed by atoms with Gasteiger partial charge < -0.3 is 15.1 Å². The summed E-state index contributed by atoms with van der Waals surface area (Å²) < 4.78 is 5.42. The van der Waals surface area contributed by atoms with Crippen LogP contribution in [-0.2, 0) is 0 Å². The highest BCUT2D eigenvalue weighted by Gasteiger charge is 2.17. The molecule has 1 atom stereocenters. The number of urea groups is 1. The molecule has 118 valence electrons. The van der Waals surface area contributed by atoms with Gasteiger partial charge in [0.2, 0.25) is 0 Å². The Morgan fingerprint density at radius 3 is 2.59 bits per heavy atom. The molecule has 0 bridgehead atoms. The number of nitrogens with one attached hydrogen (secondary N) is 2. The monoisotopic (exact) mass is 301 g/mol. The van der Waals surface area contributed by atoms with Crippen LogP contribution in [0, 0.1) is 13.8 Å². The van der Waals surface area contributed by atoms with Gasteiger partial charge in [0, 0.05) is 12.2 Å². The summed E-state index contributed by atoms with van der Waals surface area (Å²) in [6.45, 7) is 4.54. The van der Waals surface area contributed by atoms with Gasteiger partial charge in [-0.1, -0.05) is 6.07 Å². The van der Waals surface area contributed by atoms with E-state index in [2.05, 4.69) is 10.6 Å². The summed E-state index contributed by atoms with van der Waals surface area (Å²) in [6.07, 6.45) is 1.64. The van der Waals surface area contributed by atoms with Gasteiger partial charge >= 0.3 is 6.03 Å². The van der Waals surface area contributed by atoms with Crippen molar-refractivity contribution in [2.75, 3.05) is 26.0 Å². The Kier molecular flexibility index (Phi) is 5.22. The Morgan fingerprint density at radius 1 is 1.23 bits per heavy atom. The normalized spacial score (nSPS) is 12.2. The van der Waals surface area contributed by atoms with E-state index >= 15 is 0 Å². The van der Waals surface area contributed by atoms with Gasteiger partial charge in [-0.15, -0.1) is 0 Å². The number of furan rings is 1. The highest BCUT2D eigenvalue weighted by atomic mass is 16.3. The molecule has 1 aromatic heterocycles. The maximum absolute atomic E-state index is 12.0. The molecular weight excluding hydrogens is 278 g/mol. The van der Waals surface area contributed by atoms with E-state index in [0.29, 0.717) is 6.54 Å². The molecule has 2 rings (SSSR count). The Bertz CT molecular complexity index is 621. The SMILES string of the molecule is Cc1ccc(NC(=O)NCC(c2ccco2)N(C)C)cc1C. The molecule has 0 radical (unpaired) electrons. The van der Waals surface area contributed by atoms with Crippen LogP contribution in [0.5, 0.6) is 0 Å². The molecule has 1 heterocycles. The van der Waals surface area contributed by atoms with Crippen LogP contribution in [0.25, 0.3) is 0 Å². The van der Waals surface area contributed by atoms with E-state index in [1.807, 2.05) is 63.2 Å². The summed E-state index contributed by atoms with van der Waals surface area (Å²) in [6, 6.07) is 9.40. The fourth-order valence-corrected chi connectivity index (χ4v) is 2.20. The lowest BCUT2D eigenvalue weighted by Gasteiger charge is -2.22. The fourth-order valence-electron chi connectivity index (χ4n) is 2.20. The Balaban J connectivity index is 1.92. The van der Waals surface area contributed by atoms with Crippen LogP contribution in [-0.4, -0.2) is 31.6 Å². The van der Waals surface area contributed by atoms with Gasteiger partial charge in [0.15, 0.2) is 0 Å². The van der Waals surface area contributed by atoms with Gasteiger partial charge in [-0.05, 0) is 63.3 Å². The van der Waals surface area contributed by atoms with Crippen molar-refractivity contribution >= 4 is 11.7 Å². The van der Waals surface area contributed by atoms with Crippen LogP contribution in [0.3, 0.4) is 0 Å². The molecule has 0 aliphatic heterocycles. The van der Waals surface area contributed by atoms with Crippen LogP contribution < -0.4 is 10.6 Å². The highest BCUT2D eigenvalue weighted by Crippen LogP contribution is 2.18. The second-order valence-electron chi connectivity index (χ2n) is 5.63. The molecule has 0 aliphatic rings. The van der Waals surface area contributed by atoms with Crippen LogP contribution in [0.1, 0.15) is 22.9 Å². The molecule has 5 heteroatoms. The number of carbonyl (C=O) groups excluding carboxylic acids is 1. The molecule has 2 N–H and O–H groups in total. The summed E-state index contributed by atoms with van der Waals surface area (Å²) in [5, 5.41) is 5.73. The van der Waals surface area contributed by atoms with Crippen molar-refractivity contribution in [2.24, 2.45) is 0 Å². The van der Waals surface area contributed by atoms with Crippen LogP contribution in [0.4, 0.5) is 10.5 Å². The van der Waals surface area contributed by atoms with E-state index < -0.39 is 0 Å². The van der Waals surface area contributed by atoms with Crippen molar-refractivity contribution < 1.29 is 9.21 Å². The molecule has 0 aliphatic carbocycles. The van der Waals surface area contributed by atoms with Crippen LogP contribution in [0.15, 0.2) is 41.0 Å². The Labute approximate surface area is 131 Å². The van der Waals surface area contributed by atoms with E-state index in [0.717, 1.165) is 17.0 Å². The zero-order valence-corrected chi connectivity index (χ0v) is 13.5. The van der Waals surface area contributed by atoms with E-state index in [9.17, 15) is 4.79 Å². The molecule has 0 saturated carbocycles. The number of rotatable bonds is 5. The minimum absolute atomic E-state index is 0.000467. The first-order valence-corrected chi connectivity index (χ1v) is 7.29. The predicted molar refractivity (Wildman–Crippen MR) is 88.1 cm³/mol. The van der Waals surface area contributed by atoms with Gasteiger partial charge in [0.25, 0.3) is 0 Å². The number of hydrogen-bond acceptors (Lipinski definition) is 3. The number of carbonyl (C=O) groups is 1. The standard InChI is InChI=1S/C17H23N3O2/c1-12-7-8-14(10-13(12)2)19-17(21)18-11-15(20(3)4)16-6-5-9-22-16/h5-10,15H,11H2,1-4H3,(H2,18,19,21). The number of nitrogens with zero attached hydrogens (tertiary/aromatic N) is 1. The number of aryl methyl sites for hydroxylation is 2. The summed E-state index contributed by atoms with van der Waals surface area (Å²) in [5.74, 6) is 0.830. The van der Waals surface area contributed by atoms with Gasteiger partial charge in [-0.25, -0.2) is 4.79 Å². The average molecular weight is 301 g/mol. The maximum atomic E-state index is 12.0. The number of amides is 2. The molecular formula is C17H23N3O2. The summed E-state index contributed by atoms with van der Waals surface area (Å²) >= 11 is 0. The third-order valence-electron chi connectivity index (χ3n) is 3.72. The third kappa shape index (κ3) is 4.11. The summed E-state index contributed by atoms with van der Waals surface area (Å²) in [7, 11) is 3.91. The van der Waals surface area contributed by atoms with E-state index in [1.54, 1.807) is 6.26 Å². The highest BCUT2D eigenvalue weighted by molar-refractivity contribution is 5.89.